The summed E-state index contributed by atoms with van der Waals surface area (Å²) in [6.45, 7) is 4.12. The number of hydrogen-bond acceptors (Lipinski definition) is 3. The number of carbonyl (C=O) groups excluding carboxylic acids is 2. The number of Topliss-reactive ketones (excluding diaryl/α,β-unsaturated/α-hetero) is 1. The molecule has 1 unspecified atom stereocenters. The highest BCUT2D eigenvalue weighted by Gasteiger charge is 2.40. The van der Waals surface area contributed by atoms with Crippen molar-refractivity contribution < 1.29 is 14.3 Å². The molecule has 0 aliphatic heterocycles. The van der Waals surface area contributed by atoms with Crippen molar-refractivity contribution in [2.45, 2.75) is 39.5 Å². The standard InChI is InChI=1S/C18H20O3/c1-3-21-16(19)11-5-4-8-12-18(2)13-14-9-6-7-10-15(14)17(18)20/h6-7,9-10H,3-4,8,12-13H2,1-2H3. The Morgan fingerprint density at radius 1 is 1.38 bits per heavy atom. The fourth-order valence-corrected chi connectivity index (χ4v) is 2.79. The van der Waals surface area contributed by atoms with Gasteiger partial charge in [0.1, 0.15) is 0 Å². The smallest absolute Gasteiger partial charge is 0.384 e. The summed E-state index contributed by atoms with van der Waals surface area (Å²) in [5.41, 5.74) is 1.68. The summed E-state index contributed by atoms with van der Waals surface area (Å²) in [4.78, 5) is 23.5. The molecule has 0 radical (unpaired) electrons. The summed E-state index contributed by atoms with van der Waals surface area (Å²) in [7, 11) is 0. The summed E-state index contributed by atoms with van der Waals surface area (Å²) in [6, 6.07) is 7.82. The number of fused-ring (bicyclic) bond motifs is 1. The zero-order valence-electron chi connectivity index (χ0n) is 12.6. The molecule has 0 bridgehead atoms. The lowest BCUT2D eigenvalue weighted by Crippen LogP contribution is -2.23. The lowest BCUT2D eigenvalue weighted by molar-refractivity contribution is -0.136. The predicted octanol–water partition coefficient (Wildman–Crippen LogP) is 3.17. The maximum atomic E-state index is 12.5. The molecule has 1 aliphatic rings. The third kappa shape index (κ3) is 3.52. The fourth-order valence-electron chi connectivity index (χ4n) is 2.79. The summed E-state index contributed by atoms with van der Waals surface area (Å²) < 4.78 is 4.73. The van der Waals surface area contributed by atoms with Gasteiger partial charge in [-0.05, 0) is 31.7 Å². The van der Waals surface area contributed by atoms with Crippen LogP contribution in [0, 0.1) is 17.3 Å². The van der Waals surface area contributed by atoms with E-state index in [0.717, 1.165) is 30.4 Å². The highest BCUT2D eigenvalue weighted by atomic mass is 16.5. The van der Waals surface area contributed by atoms with Gasteiger partial charge in [-0.2, -0.15) is 0 Å². The Kier molecular flexibility index (Phi) is 4.80. The number of rotatable bonds is 4. The number of benzene rings is 1. The van der Waals surface area contributed by atoms with E-state index in [1.54, 1.807) is 6.92 Å². The SMILES string of the molecule is CCOC(=O)C#CCCCC1(C)Cc2ccccc2C1=O. The molecule has 1 aromatic rings. The van der Waals surface area contributed by atoms with Crippen LogP contribution in [0.4, 0.5) is 0 Å². The first-order chi connectivity index (χ1) is 10.1. The van der Waals surface area contributed by atoms with E-state index in [2.05, 4.69) is 11.8 Å². The minimum absolute atomic E-state index is 0.233. The number of unbranched alkanes of at least 4 members (excludes halogenated alkanes) is 1. The van der Waals surface area contributed by atoms with E-state index in [9.17, 15) is 9.59 Å². The van der Waals surface area contributed by atoms with Crippen LogP contribution in [0.1, 0.15) is 49.0 Å². The maximum Gasteiger partial charge on any atom is 0.384 e. The molecule has 1 aliphatic carbocycles. The van der Waals surface area contributed by atoms with Crippen LogP contribution in [-0.4, -0.2) is 18.4 Å². The second-order valence-electron chi connectivity index (χ2n) is 5.60. The van der Waals surface area contributed by atoms with Crippen molar-refractivity contribution in [2.24, 2.45) is 5.41 Å². The van der Waals surface area contributed by atoms with E-state index in [0.29, 0.717) is 13.0 Å². The molecular weight excluding hydrogens is 264 g/mol. The van der Waals surface area contributed by atoms with E-state index in [1.807, 2.05) is 31.2 Å². The van der Waals surface area contributed by atoms with Crippen molar-refractivity contribution in [3.63, 3.8) is 0 Å². The molecule has 0 saturated carbocycles. The molecule has 0 N–H and O–H groups in total. The average molecular weight is 284 g/mol. The van der Waals surface area contributed by atoms with Crippen molar-refractivity contribution in [1.29, 1.82) is 0 Å². The predicted molar refractivity (Wildman–Crippen MR) is 80.8 cm³/mol. The molecule has 21 heavy (non-hydrogen) atoms. The number of ether oxygens (including phenoxy) is 1. The van der Waals surface area contributed by atoms with Crippen LogP contribution in [0.3, 0.4) is 0 Å². The Morgan fingerprint density at radius 2 is 2.14 bits per heavy atom. The number of carbonyl (C=O) groups is 2. The first-order valence-corrected chi connectivity index (χ1v) is 7.35. The van der Waals surface area contributed by atoms with Crippen molar-refractivity contribution in [3.05, 3.63) is 35.4 Å². The van der Waals surface area contributed by atoms with Crippen LogP contribution >= 0.6 is 0 Å². The molecule has 1 atom stereocenters. The molecule has 3 heteroatoms. The van der Waals surface area contributed by atoms with E-state index in [4.69, 9.17) is 4.74 Å². The van der Waals surface area contributed by atoms with Gasteiger partial charge in [-0.3, -0.25) is 4.79 Å². The van der Waals surface area contributed by atoms with Crippen LogP contribution < -0.4 is 0 Å². The van der Waals surface area contributed by atoms with Crippen molar-refractivity contribution in [1.82, 2.24) is 0 Å². The van der Waals surface area contributed by atoms with Crippen LogP contribution in [0.25, 0.3) is 0 Å². The maximum absolute atomic E-state index is 12.5. The molecule has 2 rings (SSSR count). The van der Waals surface area contributed by atoms with Crippen molar-refractivity contribution in [2.75, 3.05) is 6.61 Å². The zero-order chi connectivity index (χ0) is 15.3. The molecule has 0 fully saturated rings. The molecule has 0 saturated heterocycles. The van der Waals surface area contributed by atoms with Crippen LogP contribution in [0.5, 0.6) is 0 Å². The molecule has 0 spiro atoms. The lowest BCUT2D eigenvalue weighted by Gasteiger charge is -2.21. The third-order valence-electron chi connectivity index (χ3n) is 3.89. The molecule has 0 amide bonds. The summed E-state index contributed by atoms with van der Waals surface area (Å²) in [6.07, 6.45) is 3.01. The second kappa shape index (κ2) is 6.58. The number of ketones is 1. The summed E-state index contributed by atoms with van der Waals surface area (Å²) >= 11 is 0. The van der Waals surface area contributed by atoms with Gasteiger partial charge >= 0.3 is 5.97 Å². The van der Waals surface area contributed by atoms with Gasteiger partial charge in [-0.15, -0.1) is 0 Å². The minimum Gasteiger partial charge on any atom is -0.456 e. The molecule has 0 heterocycles. The fraction of sp³-hybridized carbons (Fsp3) is 0.444. The molecule has 110 valence electrons. The summed E-state index contributed by atoms with van der Waals surface area (Å²) in [5.74, 6) is 5.02. The van der Waals surface area contributed by atoms with E-state index < -0.39 is 5.97 Å². The Hall–Kier alpha value is -2.08. The van der Waals surface area contributed by atoms with Gasteiger partial charge in [0.2, 0.25) is 0 Å². The van der Waals surface area contributed by atoms with Gasteiger partial charge in [-0.1, -0.05) is 37.1 Å². The van der Waals surface area contributed by atoms with Gasteiger partial charge in [0.25, 0.3) is 0 Å². The average Bonchev–Trinajstić information content (AvgIpc) is 2.71. The Balaban J connectivity index is 1.87. The molecular formula is C18H20O3. The van der Waals surface area contributed by atoms with Crippen LogP contribution in [0.15, 0.2) is 24.3 Å². The summed E-state index contributed by atoms with van der Waals surface area (Å²) in [5, 5.41) is 0. The van der Waals surface area contributed by atoms with Gasteiger partial charge in [0, 0.05) is 23.3 Å². The number of hydrogen-bond donors (Lipinski definition) is 0. The minimum atomic E-state index is -0.479. The Morgan fingerprint density at radius 3 is 2.86 bits per heavy atom. The van der Waals surface area contributed by atoms with Crippen LogP contribution in [0.2, 0.25) is 0 Å². The van der Waals surface area contributed by atoms with E-state index in [-0.39, 0.29) is 11.2 Å². The van der Waals surface area contributed by atoms with Crippen LogP contribution in [-0.2, 0) is 16.0 Å². The van der Waals surface area contributed by atoms with Gasteiger partial charge in [0.05, 0.1) is 6.61 Å². The highest BCUT2D eigenvalue weighted by molar-refractivity contribution is 6.04. The largest absolute Gasteiger partial charge is 0.456 e. The monoisotopic (exact) mass is 284 g/mol. The highest BCUT2D eigenvalue weighted by Crippen LogP contribution is 2.40. The van der Waals surface area contributed by atoms with Crippen molar-refractivity contribution >= 4 is 11.8 Å². The molecule has 1 aromatic carbocycles. The van der Waals surface area contributed by atoms with Gasteiger partial charge in [0.15, 0.2) is 5.78 Å². The lowest BCUT2D eigenvalue weighted by atomic mass is 9.81. The quantitative estimate of drug-likeness (QED) is 0.369. The Bertz CT molecular complexity index is 606. The zero-order valence-corrected chi connectivity index (χ0v) is 12.6. The molecule has 0 aromatic heterocycles. The first kappa shape index (κ1) is 15.3. The number of esters is 1. The van der Waals surface area contributed by atoms with E-state index in [1.165, 1.54) is 0 Å². The van der Waals surface area contributed by atoms with Crippen molar-refractivity contribution in [3.8, 4) is 11.8 Å². The third-order valence-corrected chi connectivity index (χ3v) is 3.89. The molecule has 3 nitrogen and oxygen atoms in total. The first-order valence-electron chi connectivity index (χ1n) is 7.35. The Labute approximate surface area is 125 Å². The van der Waals surface area contributed by atoms with Gasteiger partial charge < -0.3 is 4.74 Å². The normalized spacial score (nSPS) is 19.6. The van der Waals surface area contributed by atoms with Gasteiger partial charge in [-0.25, -0.2) is 4.79 Å². The van der Waals surface area contributed by atoms with E-state index >= 15 is 0 Å². The topological polar surface area (TPSA) is 43.4 Å². The second-order valence-corrected chi connectivity index (χ2v) is 5.60.